The molecule has 3 nitrogen and oxygen atoms in total. The average molecular weight is 358 g/mol. The molecule has 0 N–H and O–H groups in total. The van der Waals surface area contributed by atoms with E-state index in [1.54, 1.807) is 0 Å². The maximum Gasteiger partial charge on any atom is 0.167 e. The number of hydrogen-bond acceptors (Lipinski definition) is 3. The van der Waals surface area contributed by atoms with Crippen LogP contribution < -0.4 is 0 Å². The molecule has 4 rings (SSSR count). The first-order valence-corrected chi connectivity index (χ1v) is 9.80. The van der Waals surface area contributed by atoms with Gasteiger partial charge in [-0.1, -0.05) is 31.0 Å². The lowest BCUT2D eigenvalue weighted by atomic mass is 9.88. The predicted octanol–water partition coefficient (Wildman–Crippen LogP) is 4.80. The number of ketones is 1. The van der Waals surface area contributed by atoms with Gasteiger partial charge in [-0.15, -0.1) is 12.8 Å². The van der Waals surface area contributed by atoms with Crippen LogP contribution in [-0.4, -0.2) is 29.8 Å². The Morgan fingerprint density at radius 1 is 1.00 bits per heavy atom. The average Bonchev–Trinajstić information content (AvgIpc) is 3.29. The van der Waals surface area contributed by atoms with E-state index in [1.165, 1.54) is 25.7 Å². The molecule has 1 aliphatic heterocycles. The highest BCUT2D eigenvalue weighted by atomic mass is 16.1. The molecular formula is C24H26N2O. The summed E-state index contributed by atoms with van der Waals surface area (Å²) in [6.07, 6.45) is 15.4. The third-order valence-electron chi connectivity index (χ3n) is 5.92. The smallest absolute Gasteiger partial charge is 0.167 e. The number of terminal acetylenes is 1. The largest absolute Gasteiger partial charge is 0.300 e. The van der Waals surface area contributed by atoms with Gasteiger partial charge in [-0.05, 0) is 61.2 Å². The van der Waals surface area contributed by atoms with Crippen LogP contribution in [0.4, 0.5) is 0 Å². The van der Waals surface area contributed by atoms with Gasteiger partial charge in [0.1, 0.15) is 0 Å². The SMILES string of the molecule is C#C.N#Cc1ccc2cc(C(=O)[C@H]3CCCN(C4CCCC4)C3)ccc2c1. The Morgan fingerprint density at radius 2 is 1.70 bits per heavy atom. The van der Waals surface area contributed by atoms with Crippen molar-refractivity contribution in [3.8, 4) is 18.9 Å². The van der Waals surface area contributed by atoms with Gasteiger partial charge in [0, 0.05) is 24.1 Å². The second-order valence-corrected chi connectivity index (χ2v) is 7.53. The van der Waals surface area contributed by atoms with Crippen molar-refractivity contribution in [3.05, 3.63) is 47.5 Å². The molecule has 2 aliphatic rings. The molecule has 1 atom stereocenters. The number of rotatable bonds is 3. The van der Waals surface area contributed by atoms with E-state index in [-0.39, 0.29) is 11.7 Å². The maximum absolute atomic E-state index is 13.0. The number of likely N-dealkylation sites (tertiary alicyclic amines) is 1. The number of benzene rings is 2. The topological polar surface area (TPSA) is 44.1 Å². The van der Waals surface area contributed by atoms with E-state index in [1.807, 2.05) is 36.4 Å². The number of Topliss-reactive ketones (excluding diaryl/α,β-unsaturated/α-hetero) is 1. The molecule has 0 unspecified atom stereocenters. The fourth-order valence-electron chi connectivity index (χ4n) is 4.53. The van der Waals surface area contributed by atoms with Crippen LogP contribution in [0.3, 0.4) is 0 Å². The molecule has 0 amide bonds. The lowest BCUT2D eigenvalue weighted by molar-refractivity contribution is 0.0757. The second kappa shape index (κ2) is 8.85. The van der Waals surface area contributed by atoms with Gasteiger partial charge >= 0.3 is 0 Å². The van der Waals surface area contributed by atoms with Crippen molar-refractivity contribution < 1.29 is 4.79 Å². The molecule has 0 radical (unpaired) electrons. The van der Waals surface area contributed by atoms with Gasteiger partial charge in [-0.25, -0.2) is 0 Å². The fourth-order valence-corrected chi connectivity index (χ4v) is 4.53. The summed E-state index contributed by atoms with van der Waals surface area (Å²) in [7, 11) is 0. The minimum absolute atomic E-state index is 0.130. The van der Waals surface area contributed by atoms with Crippen LogP contribution >= 0.6 is 0 Å². The molecule has 1 aliphatic carbocycles. The molecular weight excluding hydrogens is 332 g/mol. The first-order chi connectivity index (χ1) is 13.2. The second-order valence-electron chi connectivity index (χ2n) is 7.53. The lowest BCUT2D eigenvalue weighted by Gasteiger charge is -2.36. The zero-order valence-corrected chi connectivity index (χ0v) is 15.7. The van der Waals surface area contributed by atoms with Gasteiger partial charge in [0.05, 0.1) is 11.6 Å². The van der Waals surface area contributed by atoms with Crippen LogP contribution in [0.25, 0.3) is 10.8 Å². The van der Waals surface area contributed by atoms with Gasteiger partial charge in [-0.3, -0.25) is 9.69 Å². The quantitative estimate of drug-likeness (QED) is 0.585. The summed E-state index contributed by atoms with van der Waals surface area (Å²) in [5.74, 6) is 0.416. The normalized spacial score (nSPS) is 20.6. The maximum atomic E-state index is 13.0. The highest BCUT2D eigenvalue weighted by Gasteiger charge is 2.31. The van der Waals surface area contributed by atoms with Gasteiger partial charge < -0.3 is 0 Å². The molecule has 2 fully saturated rings. The molecule has 27 heavy (non-hydrogen) atoms. The lowest BCUT2D eigenvalue weighted by Crippen LogP contribution is -2.43. The number of carbonyl (C=O) groups is 1. The summed E-state index contributed by atoms with van der Waals surface area (Å²) < 4.78 is 0. The number of nitrogens with zero attached hydrogens (tertiary/aromatic N) is 2. The van der Waals surface area contributed by atoms with Crippen molar-refractivity contribution in [2.45, 2.75) is 44.6 Å². The van der Waals surface area contributed by atoms with E-state index in [0.717, 1.165) is 42.3 Å². The molecule has 138 valence electrons. The van der Waals surface area contributed by atoms with Crippen molar-refractivity contribution in [2.75, 3.05) is 13.1 Å². The van der Waals surface area contributed by atoms with E-state index >= 15 is 0 Å². The zero-order valence-electron chi connectivity index (χ0n) is 15.7. The summed E-state index contributed by atoms with van der Waals surface area (Å²) in [4.78, 5) is 15.6. The molecule has 3 heteroatoms. The summed E-state index contributed by atoms with van der Waals surface area (Å²) >= 11 is 0. The Kier molecular flexibility index (Phi) is 6.28. The van der Waals surface area contributed by atoms with Crippen molar-refractivity contribution in [1.29, 1.82) is 5.26 Å². The number of fused-ring (bicyclic) bond motifs is 1. The molecule has 1 saturated heterocycles. The predicted molar refractivity (Wildman–Crippen MR) is 109 cm³/mol. The Labute approximate surface area is 162 Å². The van der Waals surface area contributed by atoms with Crippen molar-refractivity contribution in [1.82, 2.24) is 4.90 Å². The Hall–Kier alpha value is -2.62. The van der Waals surface area contributed by atoms with Crippen LogP contribution in [0.15, 0.2) is 36.4 Å². The van der Waals surface area contributed by atoms with Crippen molar-refractivity contribution in [3.63, 3.8) is 0 Å². The van der Waals surface area contributed by atoms with E-state index in [2.05, 4.69) is 23.8 Å². The minimum atomic E-state index is 0.130. The molecule has 0 spiro atoms. The molecule has 1 heterocycles. The fraction of sp³-hybridized carbons (Fsp3) is 0.417. The summed E-state index contributed by atoms with van der Waals surface area (Å²) in [5, 5.41) is 11.1. The van der Waals surface area contributed by atoms with Crippen molar-refractivity contribution in [2.24, 2.45) is 5.92 Å². The van der Waals surface area contributed by atoms with Gasteiger partial charge in [0.25, 0.3) is 0 Å². The monoisotopic (exact) mass is 358 g/mol. The first-order valence-electron chi connectivity index (χ1n) is 9.80. The van der Waals surface area contributed by atoms with Crippen LogP contribution in [0.5, 0.6) is 0 Å². The number of hydrogen-bond donors (Lipinski definition) is 0. The standard InChI is InChI=1S/C22H24N2O.C2H2/c23-14-16-7-8-18-13-19(10-9-17(18)12-16)22(25)20-4-3-11-24(15-20)21-5-1-2-6-21;1-2/h7-10,12-13,20-21H,1-6,11,15H2;1-2H/t20-;/m0./s1. The summed E-state index contributed by atoms with van der Waals surface area (Å²) in [6.45, 7) is 2.08. The number of nitriles is 1. The third-order valence-corrected chi connectivity index (χ3v) is 5.92. The van der Waals surface area contributed by atoms with E-state index < -0.39 is 0 Å². The van der Waals surface area contributed by atoms with E-state index in [4.69, 9.17) is 5.26 Å². The Morgan fingerprint density at radius 3 is 2.44 bits per heavy atom. The van der Waals surface area contributed by atoms with Gasteiger partial charge in [0.15, 0.2) is 5.78 Å². The molecule has 2 aromatic rings. The number of carbonyl (C=O) groups excluding carboxylic acids is 1. The summed E-state index contributed by atoms with van der Waals surface area (Å²) in [5.41, 5.74) is 1.47. The molecule has 2 aromatic carbocycles. The highest BCUT2D eigenvalue weighted by Crippen LogP contribution is 2.30. The zero-order chi connectivity index (χ0) is 19.2. The van der Waals surface area contributed by atoms with Crippen LogP contribution in [0, 0.1) is 30.1 Å². The van der Waals surface area contributed by atoms with E-state index in [0.29, 0.717) is 11.6 Å². The third kappa shape index (κ3) is 4.21. The minimum Gasteiger partial charge on any atom is -0.300 e. The Bertz CT molecular complexity index is 871. The van der Waals surface area contributed by atoms with Crippen molar-refractivity contribution >= 4 is 16.6 Å². The van der Waals surface area contributed by atoms with Gasteiger partial charge in [-0.2, -0.15) is 5.26 Å². The Balaban J connectivity index is 0.00000102. The van der Waals surface area contributed by atoms with Crippen LogP contribution in [0.2, 0.25) is 0 Å². The molecule has 1 saturated carbocycles. The highest BCUT2D eigenvalue weighted by molar-refractivity contribution is 6.01. The molecule has 0 bridgehead atoms. The van der Waals surface area contributed by atoms with Crippen LogP contribution in [-0.2, 0) is 0 Å². The summed E-state index contributed by atoms with van der Waals surface area (Å²) in [6, 6.07) is 14.4. The van der Waals surface area contributed by atoms with Crippen LogP contribution in [0.1, 0.15) is 54.4 Å². The number of piperidine rings is 1. The van der Waals surface area contributed by atoms with E-state index in [9.17, 15) is 4.79 Å². The molecule has 0 aromatic heterocycles. The van der Waals surface area contributed by atoms with Gasteiger partial charge in [0.2, 0.25) is 0 Å². The first kappa shape index (κ1) is 19.2.